The van der Waals surface area contributed by atoms with Crippen molar-refractivity contribution >= 4 is 17.3 Å². The van der Waals surface area contributed by atoms with Gasteiger partial charge < -0.3 is 14.9 Å². The fourth-order valence-electron chi connectivity index (χ4n) is 5.68. The number of aryl methyl sites for hydroxylation is 2. The van der Waals surface area contributed by atoms with E-state index in [0.717, 1.165) is 21.9 Å². The minimum Gasteiger partial charge on any atom is -0.391 e. The summed E-state index contributed by atoms with van der Waals surface area (Å²) in [5.74, 6) is -0.367. The van der Waals surface area contributed by atoms with Crippen LogP contribution in [0.3, 0.4) is 0 Å². The Morgan fingerprint density at radius 2 is 1.79 bits per heavy atom. The molecule has 200 valence electrons. The van der Waals surface area contributed by atoms with E-state index in [1.165, 1.54) is 24.0 Å². The maximum Gasteiger partial charge on any atom is 0.418 e. The molecule has 10 heteroatoms. The minimum absolute atomic E-state index is 0.0595. The lowest BCUT2D eigenvalue weighted by molar-refractivity contribution is -0.137. The van der Waals surface area contributed by atoms with Crippen LogP contribution < -0.4 is 15.4 Å². The van der Waals surface area contributed by atoms with Gasteiger partial charge >= 0.3 is 6.18 Å². The Bertz CT molecular complexity index is 1480. The van der Waals surface area contributed by atoms with Crippen LogP contribution in [-0.4, -0.2) is 46.0 Å². The summed E-state index contributed by atoms with van der Waals surface area (Å²) in [5, 5.41) is 14.5. The topological polar surface area (TPSA) is 78.7 Å². The molecule has 0 aliphatic carbocycles. The maximum absolute atomic E-state index is 14.2. The molecule has 2 aliphatic rings. The highest BCUT2D eigenvalue weighted by molar-refractivity contribution is 5.95. The third-order valence-corrected chi connectivity index (χ3v) is 7.23. The Hall–Kier alpha value is -3.66. The van der Waals surface area contributed by atoms with Crippen LogP contribution in [0.15, 0.2) is 41.2 Å². The molecule has 0 bridgehead atoms. The molecule has 3 aromatic rings. The Labute approximate surface area is 218 Å². The van der Waals surface area contributed by atoms with Crippen LogP contribution in [0.2, 0.25) is 0 Å². The summed E-state index contributed by atoms with van der Waals surface area (Å²) in [6.07, 6.45) is -4.48. The van der Waals surface area contributed by atoms with Crippen molar-refractivity contribution in [2.45, 2.75) is 58.9 Å². The first-order chi connectivity index (χ1) is 17.8. The van der Waals surface area contributed by atoms with Crippen LogP contribution in [0, 0.1) is 13.8 Å². The first kappa shape index (κ1) is 26.0. The Morgan fingerprint density at radius 3 is 2.37 bits per heavy atom. The molecule has 1 aromatic heterocycles. The number of carbonyl (C=O) groups is 1. The summed E-state index contributed by atoms with van der Waals surface area (Å²) < 4.78 is 43.5. The van der Waals surface area contributed by atoms with E-state index in [0.29, 0.717) is 41.9 Å². The van der Waals surface area contributed by atoms with Crippen LogP contribution in [0.1, 0.15) is 42.5 Å². The number of fused-ring (bicyclic) bond motifs is 1. The molecule has 2 unspecified atom stereocenters. The molecule has 1 N–H and O–H groups in total. The predicted octanol–water partition coefficient (Wildman–Crippen LogP) is 4.40. The van der Waals surface area contributed by atoms with E-state index in [-0.39, 0.29) is 24.2 Å². The number of amides is 1. The summed E-state index contributed by atoms with van der Waals surface area (Å²) in [5.41, 5.74) is 1.76. The molecular formula is C28H29F3N4O3. The van der Waals surface area contributed by atoms with Gasteiger partial charge in [-0.2, -0.15) is 23.0 Å². The van der Waals surface area contributed by atoms with Crippen molar-refractivity contribution in [3.8, 4) is 16.9 Å². The Morgan fingerprint density at radius 1 is 1.11 bits per heavy atom. The van der Waals surface area contributed by atoms with Gasteiger partial charge in [0.15, 0.2) is 0 Å². The SMILES string of the molecule is CC(=O)N1c2c(c(-c3cc(C)cc(C)c3)nn(-c3cc(N4CCC(O)C4)ccc3C(F)(F)F)c2=O)CC1C. The molecular weight excluding hydrogens is 497 g/mol. The number of β-amino-alcohol motifs (C(OH)–C–C–N with tert-alkyl or cyclic N) is 1. The molecule has 7 nitrogen and oxygen atoms in total. The molecule has 1 saturated heterocycles. The van der Waals surface area contributed by atoms with Crippen LogP contribution in [0.4, 0.5) is 24.5 Å². The second-order valence-corrected chi connectivity index (χ2v) is 10.3. The second-order valence-electron chi connectivity index (χ2n) is 10.3. The van der Waals surface area contributed by atoms with Gasteiger partial charge in [-0.3, -0.25) is 9.59 Å². The van der Waals surface area contributed by atoms with Gasteiger partial charge in [0, 0.05) is 42.9 Å². The zero-order chi connectivity index (χ0) is 27.5. The highest BCUT2D eigenvalue weighted by Crippen LogP contribution is 2.39. The molecule has 2 atom stereocenters. The second kappa shape index (κ2) is 9.27. The molecule has 38 heavy (non-hydrogen) atoms. The van der Waals surface area contributed by atoms with Crippen molar-refractivity contribution in [3.63, 3.8) is 0 Å². The van der Waals surface area contributed by atoms with E-state index in [1.807, 2.05) is 32.0 Å². The van der Waals surface area contributed by atoms with E-state index in [9.17, 15) is 27.9 Å². The molecule has 2 aliphatic heterocycles. The molecule has 0 saturated carbocycles. The number of carbonyl (C=O) groups excluding carboxylic acids is 1. The first-order valence-electron chi connectivity index (χ1n) is 12.5. The summed E-state index contributed by atoms with van der Waals surface area (Å²) in [6, 6.07) is 8.95. The zero-order valence-electron chi connectivity index (χ0n) is 21.6. The van der Waals surface area contributed by atoms with E-state index in [4.69, 9.17) is 0 Å². The lowest BCUT2D eigenvalue weighted by atomic mass is 9.99. The van der Waals surface area contributed by atoms with Crippen LogP contribution in [0.5, 0.6) is 0 Å². The minimum atomic E-state index is -4.76. The zero-order valence-corrected chi connectivity index (χ0v) is 21.6. The van der Waals surface area contributed by atoms with Gasteiger partial charge in [0.2, 0.25) is 5.91 Å². The van der Waals surface area contributed by atoms with Crippen molar-refractivity contribution in [2.75, 3.05) is 22.9 Å². The number of alkyl halides is 3. The smallest absolute Gasteiger partial charge is 0.391 e. The summed E-state index contributed by atoms with van der Waals surface area (Å²) >= 11 is 0. The Balaban J connectivity index is 1.83. The quantitative estimate of drug-likeness (QED) is 0.547. The van der Waals surface area contributed by atoms with E-state index >= 15 is 0 Å². The van der Waals surface area contributed by atoms with Crippen LogP contribution >= 0.6 is 0 Å². The Kier molecular flexibility index (Phi) is 6.33. The molecule has 1 amide bonds. The van der Waals surface area contributed by atoms with Crippen LogP contribution in [-0.2, 0) is 17.4 Å². The van der Waals surface area contributed by atoms with Crippen molar-refractivity contribution in [2.24, 2.45) is 0 Å². The maximum atomic E-state index is 14.2. The third-order valence-electron chi connectivity index (χ3n) is 7.23. The standard InChI is InChI=1S/C28H29F3N4O3/c1-15-9-16(2)11-19(10-15)25-22-12-17(3)34(18(4)36)26(22)27(38)35(32-25)24-13-20(33-8-7-21(37)14-33)5-6-23(24)28(29,30)31/h5-6,9-11,13,17,21,37H,7-8,12,14H2,1-4H3. The first-order valence-corrected chi connectivity index (χ1v) is 12.5. The number of nitrogens with zero attached hydrogens (tertiary/aromatic N) is 4. The molecule has 0 radical (unpaired) electrons. The van der Waals surface area contributed by atoms with Crippen molar-refractivity contribution < 1.29 is 23.1 Å². The number of rotatable bonds is 3. The van der Waals surface area contributed by atoms with Gasteiger partial charge in [-0.15, -0.1) is 0 Å². The lowest BCUT2D eigenvalue weighted by Gasteiger charge is -2.23. The lowest BCUT2D eigenvalue weighted by Crippen LogP contribution is -2.38. The normalized spacial score (nSPS) is 19.3. The number of aromatic nitrogens is 2. The number of anilines is 2. The van der Waals surface area contributed by atoms with Gasteiger partial charge in [0.05, 0.1) is 23.0 Å². The van der Waals surface area contributed by atoms with Crippen molar-refractivity contribution in [3.05, 3.63) is 69.0 Å². The number of aliphatic hydroxyl groups excluding tert-OH is 1. The number of halogens is 3. The fraction of sp³-hybridized carbons (Fsp3) is 0.393. The summed E-state index contributed by atoms with van der Waals surface area (Å²) in [4.78, 5) is 29.6. The number of hydrogen-bond acceptors (Lipinski definition) is 5. The summed E-state index contributed by atoms with van der Waals surface area (Å²) in [7, 11) is 0. The van der Waals surface area contributed by atoms with Gasteiger partial charge in [-0.1, -0.05) is 17.2 Å². The molecule has 3 heterocycles. The number of hydrogen-bond donors (Lipinski definition) is 1. The van der Waals surface area contributed by atoms with E-state index < -0.39 is 29.1 Å². The van der Waals surface area contributed by atoms with Gasteiger partial charge in [-0.05, 0) is 63.9 Å². The van der Waals surface area contributed by atoms with Gasteiger partial charge in [-0.25, -0.2) is 0 Å². The highest BCUT2D eigenvalue weighted by atomic mass is 19.4. The van der Waals surface area contributed by atoms with Gasteiger partial charge in [0.1, 0.15) is 5.69 Å². The number of aliphatic hydroxyl groups is 1. The molecule has 0 spiro atoms. The molecule has 1 fully saturated rings. The monoisotopic (exact) mass is 526 g/mol. The van der Waals surface area contributed by atoms with E-state index in [2.05, 4.69) is 5.10 Å². The highest BCUT2D eigenvalue weighted by Gasteiger charge is 2.39. The van der Waals surface area contributed by atoms with Crippen LogP contribution in [0.25, 0.3) is 16.9 Å². The predicted molar refractivity (Wildman–Crippen MR) is 139 cm³/mol. The molecule has 2 aromatic carbocycles. The van der Waals surface area contributed by atoms with Crippen molar-refractivity contribution in [1.82, 2.24) is 9.78 Å². The largest absolute Gasteiger partial charge is 0.418 e. The van der Waals surface area contributed by atoms with Gasteiger partial charge in [0.25, 0.3) is 5.56 Å². The van der Waals surface area contributed by atoms with Crippen molar-refractivity contribution in [1.29, 1.82) is 0 Å². The summed E-state index contributed by atoms with van der Waals surface area (Å²) in [6.45, 7) is 7.71. The third kappa shape index (κ3) is 4.47. The molecule has 5 rings (SSSR count). The average Bonchev–Trinajstić information content (AvgIpc) is 3.41. The van der Waals surface area contributed by atoms with E-state index in [1.54, 1.807) is 11.8 Å². The average molecular weight is 527 g/mol. The fourth-order valence-corrected chi connectivity index (χ4v) is 5.68. The number of benzene rings is 2.